The SMILES string of the molecule is CC/C=C\C/C=C\C/C=C\C/C=C\C/C=C\C/C=C\C/C=C\CCCCCC(=O)OCC(COC(=O)CCCCCCCCCCCCCCCCCCCCCC)OC(=O)CCCCCCCCCCCCCCCCCCCCCC. The van der Waals surface area contributed by atoms with Crippen LogP contribution in [-0.4, -0.2) is 37.2 Å². The largest absolute Gasteiger partial charge is 0.462 e. The maximum atomic E-state index is 13.0. The second-order valence-corrected chi connectivity index (χ2v) is 24.1. The van der Waals surface area contributed by atoms with Crippen LogP contribution < -0.4 is 0 Å². The first-order valence-electron chi connectivity index (χ1n) is 36.1. The van der Waals surface area contributed by atoms with Gasteiger partial charge in [-0.25, -0.2) is 0 Å². The molecule has 0 aromatic rings. The molecule has 1 unspecified atom stereocenters. The molecule has 0 saturated heterocycles. The highest BCUT2D eigenvalue weighted by molar-refractivity contribution is 5.71. The predicted molar refractivity (Wildman–Crippen MR) is 362 cm³/mol. The lowest BCUT2D eigenvalue weighted by molar-refractivity contribution is -0.167. The van der Waals surface area contributed by atoms with E-state index in [-0.39, 0.29) is 31.1 Å². The summed E-state index contributed by atoms with van der Waals surface area (Å²) in [6.45, 7) is 6.57. The van der Waals surface area contributed by atoms with E-state index in [4.69, 9.17) is 14.2 Å². The molecule has 0 aromatic heterocycles. The summed E-state index contributed by atoms with van der Waals surface area (Å²) in [7, 11) is 0. The van der Waals surface area contributed by atoms with Crippen LogP contribution in [0, 0.1) is 0 Å². The molecule has 0 saturated carbocycles. The number of unbranched alkanes of at least 4 members (excludes halogenated alkanes) is 41. The molecule has 0 spiro atoms. The maximum Gasteiger partial charge on any atom is 0.306 e. The first-order valence-corrected chi connectivity index (χ1v) is 36.1. The Morgan fingerprint density at radius 1 is 0.253 bits per heavy atom. The molecule has 6 heteroatoms. The average molecular weight is 1160 g/mol. The van der Waals surface area contributed by atoms with Crippen LogP contribution in [0.15, 0.2) is 85.1 Å². The summed E-state index contributed by atoms with van der Waals surface area (Å²) < 4.78 is 17.0. The summed E-state index contributed by atoms with van der Waals surface area (Å²) >= 11 is 0. The van der Waals surface area contributed by atoms with E-state index in [2.05, 4.69) is 106 Å². The number of hydrogen-bond donors (Lipinski definition) is 0. The fourth-order valence-corrected chi connectivity index (χ4v) is 10.5. The third-order valence-corrected chi connectivity index (χ3v) is 15.9. The van der Waals surface area contributed by atoms with Crippen molar-refractivity contribution in [3.05, 3.63) is 85.1 Å². The van der Waals surface area contributed by atoms with Crippen molar-refractivity contribution < 1.29 is 28.6 Å². The zero-order valence-corrected chi connectivity index (χ0v) is 55.2. The van der Waals surface area contributed by atoms with Gasteiger partial charge in [0, 0.05) is 19.3 Å². The van der Waals surface area contributed by atoms with Gasteiger partial charge < -0.3 is 14.2 Å². The van der Waals surface area contributed by atoms with Gasteiger partial charge in [-0.05, 0) is 77.0 Å². The van der Waals surface area contributed by atoms with Gasteiger partial charge in [0.1, 0.15) is 13.2 Å². The van der Waals surface area contributed by atoms with Crippen molar-refractivity contribution in [3.63, 3.8) is 0 Å². The number of carbonyl (C=O) groups is 3. The second kappa shape index (κ2) is 71.1. The number of hydrogen-bond acceptors (Lipinski definition) is 6. The fraction of sp³-hybridized carbons (Fsp3) is 0.779. The van der Waals surface area contributed by atoms with Gasteiger partial charge in [0.2, 0.25) is 0 Å². The Hall–Kier alpha value is -3.41. The molecular weight excluding hydrogens is 1020 g/mol. The zero-order valence-electron chi connectivity index (χ0n) is 55.2. The first-order chi connectivity index (χ1) is 41.0. The van der Waals surface area contributed by atoms with E-state index >= 15 is 0 Å². The summed E-state index contributed by atoms with van der Waals surface area (Å²) in [5.41, 5.74) is 0. The number of esters is 3. The molecule has 0 bridgehead atoms. The number of allylic oxidation sites excluding steroid dienone is 14. The molecule has 83 heavy (non-hydrogen) atoms. The quantitative estimate of drug-likeness (QED) is 0.0261. The van der Waals surface area contributed by atoms with Crippen LogP contribution in [-0.2, 0) is 28.6 Å². The molecular formula is C77H136O6. The lowest BCUT2D eigenvalue weighted by atomic mass is 10.0. The van der Waals surface area contributed by atoms with Crippen LogP contribution in [0.25, 0.3) is 0 Å². The normalized spacial score (nSPS) is 12.6. The Kier molecular flexibility index (Phi) is 68.2. The highest BCUT2D eigenvalue weighted by atomic mass is 16.6. The Morgan fingerprint density at radius 3 is 0.735 bits per heavy atom. The number of carbonyl (C=O) groups excluding carboxylic acids is 3. The molecule has 480 valence electrons. The van der Waals surface area contributed by atoms with E-state index in [9.17, 15) is 14.4 Å². The Morgan fingerprint density at radius 2 is 0.470 bits per heavy atom. The highest BCUT2D eigenvalue weighted by Crippen LogP contribution is 2.18. The minimum absolute atomic E-state index is 0.0821. The summed E-state index contributed by atoms with van der Waals surface area (Å²) in [5, 5.41) is 0. The topological polar surface area (TPSA) is 78.9 Å². The van der Waals surface area contributed by atoms with Crippen LogP contribution in [0.5, 0.6) is 0 Å². The highest BCUT2D eigenvalue weighted by Gasteiger charge is 2.19. The van der Waals surface area contributed by atoms with Gasteiger partial charge in [0.25, 0.3) is 0 Å². The van der Waals surface area contributed by atoms with Crippen molar-refractivity contribution in [2.75, 3.05) is 13.2 Å². The minimum atomic E-state index is -0.790. The number of rotatable bonds is 66. The van der Waals surface area contributed by atoms with E-state index in [1.807, 2.05) is 0 Å². The molecule has 0 heterocycles. The average Bonchev–Trinajstić information content (AvgIpc) is 3.49. The Labute approximate surface area is 515 Å². The van der Waals surface area contributed by atoms with E-state index in [1.165, 1.54) is 218 Å². The van der Waals surface area contributed by atoms with Crippen molar-refractivity contribution in [2.45, 2.75) is 374 Å². The number of ether oxygens (including phenoxy) is 3. The molecule has 0 radical (unpaired) electrons. The maximum absolute atomic E-state index is 13.0. The van der Waals surface area contributed by atoms with Crippen molar-refractivity contribution in [3.8, 4) is 0 Å². The zero-order chi connectivity index (χ0) is 59.9. The summed E-state index contributed by atoms with van der Waals surface area (Å²) in [6, 6.07) is 0. The Bertz CT molecular complexity index is 1570. The van der Waals surface area contributed by atoms with Crippen molar-refractivity contribution >= 4 is 17.9 Å². The molecule has 0 aliphatic heterocycles. The van der Waals surface area contributed by atoms with Gasteiger partial charge in [-0.1, -0.05) is 356 Å². The first kappa shape index (κ1) is 79.6. The Balaban J connectivity index is 4.41. The van der Waals surface area contributed by atoms with Gasteiger partial charge in [-0.15, -0.1) is 0 Å². The standard InChI is InChI=1S/C77H136O6/c1-4-7-10-13-16-19-22-25-28-31-34-37-38-39-40-41-44-46-49-52-55-58-61-64-67-70-76(79)82-73-74(83-77(80)71-68-65-62-59-56-53-50-47-43-36-33-30-27-24-21-18-15-12-9-6-3)72-81-75(78)69-66-63-60-57-54-51-48-45-42-35-32-29-26-23-20-17-14-11-8-5-2/h7,10,16,19,25,28,34,37,39-40,44,46,52,55,74H,4-6,8-9,11-15,17-18,20-24,26-27,29-33,35-36,38,41-43,45,47-51,53-54,56-73H2,1-3H3/b10-7-,19-16-,28-25-,37-34-,40-39-,46-44-,55-52-. The van der Waals surface area contributed by atoms with Crippen LogP contribution in [0.2, 0.25) is 0 Å². The predicted octanol–water partition coefficient (Wildman–Crippen LogP) is 25.0. The fourth-order valence-electron chi connectivity index (χ4n) is 10.5. The molecule has 0 aliphatic rings. The van der Waals surface area contributed by atoms with E-state index in [1.54, 1.807) is 0 Å². The van der Waals surface area contributed by atoms with Gasteiger partial charge in [-0.2, -0.15) is 0 Å². The van der Waals surface area contributed by atoms with Gasteiger partial charge in [0.05, 0.1) is 0 Å². The molecule has 0 amide bonds. The van der Waals surface area contributed by atoms with Crippen LogP contribution in [0.1, 0.15) is 367 Å². The molecule has 0 aliphatic carbocycles. The minimum Gasteiger partial charge on any atom is -0.462 e. The molecule has 0 fully saturated rings. The third kappa shape index (κ3) is 69.3. The van der Waals surface area contributed by atoms with Crippen LogP contribution in [0.4, 0.5) is 0 Å². The van der Waals surface area contributed by atoms with E-state index in [0.29, 0.717) is 19.3 Å². The molecule has 0 N–H and O–H groups in total. The van der Waals surface area contributed by atoms with E-state index in [0.717, 1.165) is 109 Å². The second-order valence-electron chi connectivity index (χ2n) is 24.1. The monoisotopic (exact) mass is 1160 g/mol. The molecule has 0 aromatic carbocycles. The van der Waals surface area contributed by atoms with Crippen LogP contribution >= 0.6 is 0 Å². The van der Waals surface area contributed by atoms with E-state index < -0.39 is 6.10 Å². The summed E-state index contributed by atoms with van der Waals surface area (Å²) in [6.07, 6.45) is 94.6. The summed E-state index contributed by atoms with van der Waals surface area (Å²) in [5.74, 6) is -0.892. The van der Waals surface area contributed by atoms with Crippen molar-refractivity contribution in [2.24, 2.45) is 0 Å². The van der Waals surface area contributed by atoms with Crippen molar-refractivity contribution in [1.82, 2.24) is 0 Å². The summed E-state index contributed by atoms with van der Waals surface area (Å²) in [4.78, 5) is 38.5. The third-order valence-electron chi connectivity index (χ3n) is 15.9. The van der Waals surface area contributed by atoms with Gasteiger partial charge >= 0.3 is 17.9 Å². The molecule has 6 nitrogen and oxygen atoms in total. The van der Waals surface area contributed by atoms with Crippen molar-refractivity contribution in [1.29, 1.82) is 0 Å². The smallest absolute Gasteiger partial charge is 0.306 e. The molecule has 0 rings (SSSR count). The molecule has 1 atom stereocenters. The lowest BCUT2D eigenvalue weighted by Crippen LogP contribution is -2.30. The van der Waals surface area contributed by atoms with Crippen LogP contribution in [0.3, 0.4) is 0 Å². The lowest BCUT2D eigenvalue weighted by Gasteiger charge is -2.18. The van der Waals surface area contributed by atoms with Gasteiger partial charge in [0.15, 0.2) is 6.10 Å². The van der Waals surface area contributed by atoms with Gasteiger partial charge in [-0.3, -0.25) is 14.4 Å².